The van der Waals surface area contributed by atoms with E-state index in [0.29, 0.717) is 10.2 Å². The molecule has 0 bridgehead atoms. The molecule has 124 valence electrons. The van der Waals surface area contributed by atoms with Gasteiger partial charge in [0.15, 0.2) is 0 Å². The monoisotopic (exact) mass is 353 g/mol. The predicted octanol–water partition coefficient (Wildman–Crippen LogP) is 2.52. The van der Waals surface area contributed by atoms with Gasteiger partial charge in [-0.3, -0.25) is 0 Å². The number of nitrogens with zero attached hydrogens (tertiary/aromatic N) is 2. The average Bonchev–Trinajstić information content (AvgIpc) is 2.98. The van der Waals surface area contributed by atoms with Crippen LogP contribution in [0.3, 0.4) is 0 Å². The molecule has 0 aliphatic heterocycles. The van der Waals surface area contributed by atoms with Crippen molar-refractivity contribution in [3.8, 4) is 6.01 Å². The van der Waals surface area contributed by atoms with Gasteiger partial charge in [-0.05, 0) is 50.8 Å². The van der Waals surface area contributed by atoms with Crippen molar-refractivity contribution in [1.29, 1.82) is 0 Å². The lowest BCUT2D eigenvalue weighted by Crippen LogP contribution is -2.39. The summed E-state index contributed by atoms with van der Waals surface area (Å²) in [7, 11) is -3.41. The Hall–Kier alpha value is -1.51. The zero-order valence-corrected chi connectivity index (χ0v) is 14.4. The first-order valence-electron chi connectivity index (χ1n) is 7.55. The van der Waals surface area contributed by atoms with E-state index in [1.807, 2.05) is 13.0 Å². The largest absolute Gasteiger partial charge is 0.460 e. The van der Waals surface area contributed by atoms with Crippen LogP contribution in [0.5, 0.6) is 6.01 Å². The highest BCUT2D eigenvalue weighted by Gasteiger charge is 2.27. The number of aryl methyl sites for hydroxylation is 1. The Labute approximate surface area is 140 Å². The van der Waals surface area contributed by atoms with Gasteiger partial charge in [-0.25, -0.2) is 23.1 Å². The lowest BCUT2D eigenvalue weighted by Gasteiger charge is -2.28. The minimum absolute atomic E-state index is 0.0426. The highest BCUT2D eigenvalue weighted by molar-refractivity contribution is 7.91. The molecule has 0 atom stereocenters. The number of ether oxygens (including phenoxy) is 1. The Morgan fingerprint density at radius 1 is 1.17 bits per heavy atom. The molecule has 8 heteroatoms. The van der Waals surface area contributed by atoms with E-state index in [1.165, 1.54) is 11.3 Å². The molecule has 2 aromatic heterocycles. The smallest absolute Gasteiger partial charge is 0.316 e. The molecule has 23 heavy (non-hydrogen) atoms. The fourth-order valence-corrected chi connectivity index (χ4v) is 5.23. The predicted molar refractivity (Wildman–Crippen MR) is 88.1 cm³/mol. The lowest BCUT2D eigenvalue weighted by molar-refractivity contribution is 0.132. The van der Waals surface area contributed by atoms with E-state index >= 15 is 0 Å². The minimum atomic E-state index is -3.41. The van der Waals surface area contributed by atoms with Gasteiger partial charge in [0.1, 0.15) is 10.3 Å². The molecule has 1 aliphatic carbocycles. The van der Waals surface area contributed by atoms with Gasteiger partial charge in [-0.15, -0.1) is 11.3 Å². The van der Waals surface area contributed by atoms with Crippen LogP contribution in [0.15, 0.2) is 34.8 Å². The SMILES string of the molecule is Cc1ccc(S(=O)(=O)NC2CCC(Oc3ncccn3)CC2)s1. The van der Waals surface area contributed by atoms with Gasteiger partial charge >= 0.3 is 6.01 Å². The van der Waals surface area contributed by atoms with Crippen molar-refractivity contribution in [1.82, 2.24) is 14.7 Å². The van der Waals surface area contributed by atoms with Crippen LogP contribution in [0.4, 0.5) is 0 Å². The molecular formula is C15H19N3O3S2. The summed E-state index contributed by atoms with van der Waals surface area (Å²) in [5.74, 6) is 0. The summed E-state index contributed by atoms with van der Waals surface area (Å²) in [4.78, 5) is 9.09. The van der Waals surface area contributed by atoms with Gasteiger partial charge < -0.3 is 4.74 Å². The fourth-order valence-electron chi connectivity index (χ4n) is 2.63. The van der Waals surface area contributed by atoms with Gasteiger partial charge in [-0.2, -0.15) is 0 Å². The Morgan fingerprint density at radius 3 is 2.48 bits per heavy atom. The topological polar surface area (TPSA) is 81.2 Å². The molecule has 0 radical (unpaired) electrons. The Kier molecular flexibility index (Phi) is 4.93. The molecule has 0 spiro atoms. The Balaban J connectivity index is 1.53. The molecule has 0 unspecified atom stereocenters. The van der Waals surface area contributed by atoms with Gasteiger partial charge in [0, 0.05) is 23.3 Å². The number of sulfonamides is 1. The van der Waals surface area contributed by atoms with E-state index in [-0.39, 0.29) is 12.1 Å². The van der Waals surface area contributed by atoms with Gasteiger partial charge in [0.25, 0.3) is 0 Å². The van der Waals surface area contributed by atoms with Crippen LogP contribution in [0.25, 0.3) is 0 Å². The van der Waals surface area contributed by atoms with Gasteiger partial charge in [0.05, 0.1) is 0 Å². The molecule has 3 rings (SSSR count). The Morgan fingerprint density at radius 2 is 1.87 bits per heavy atom. The maximum Gasteiger partial charge on any atom is 0.316 e. The van der Waals surface area contributed by atoms with Gasteiger partial charge in [-0.1, -0.05) is 0 Å². The van der Waals surface area contributed by atoms with E-state index in [2.05, 4.69) is 14.7 Å². The van der Waals surface area contributed by atoms with E-state index in [4.69, 9.17) is 4.74 Å². The highest BCUT2D eigenvalue weighted by Crippen LogP contribution is 2.25. The van der Waals surface area contributed by atoms with Crippen LogP contribution >= 0.6 is 11.3 Å². The maximum atomic E-state index is 12.3. The summed E-state index contributed by atoms with van der Waals surface area (Å²) in [6, 6.07) is 5.56. The molecule has 0 aromatic carbocycles. The Bertz CT molecular complexity index is 738. The molecule has 1 N–H and O–H groups in total. The van der Waals surface area contributed by atoms with Crippen molar-refractivity contribution in [2.75, 3.05) is 0 Å². The number of rotatable bonds is 5. The minimum Gasteiger partial charge on any atom is -0.460 e. The van der Waals surface area contributed by atoms with Crippen molar-refractivity contribution >= 4 is 21.4 Å². The zero-order chi connectivity index (χ0) is 16.3. The number of nitrogens with one attached hydrogen (secondary N) is 1. The van der Waals surface area contributed by atoms with Crippen LogP contribution in [-0.4, -0.2) is 30.5 Å². The van der Waals surface area contributed by atoms with Crippen molar-refractivity contribution in [2.24, 2.45) is 0 Å². The molecule has 0 amide bonds. The number of hydrogen-bond donors (Lipinski definition) is 1. The van der Waals surface area contributed by atoms with E-state index < -0.39 is 10.0 Å². The standard InChI is InChI=1S/C15H19N3O3S2/c1-11-3-8-14(22-11)23(19,20)18-12-4-6-13(7-5-12)21-15-16-9-2-10-17-15/h2-3,8-10,12-13,18H,4-7H2,1H3. The second-order valence-electron chi connectivity index (χ2n) is 5.61. The number of aromatic nitrogens is 2. The van der Waals surface area contributed by atoms with E-state index in [0.717, 1.165) is 30.6 Å². The van der Waals surface area contributed by atoms with Crippen LogP contribution in [-0.2, 0) is 10.0 Å². The highest BCUT2D eigenvalue weighted by atomic mass is 32.2. The maximum absolute atomic E-state index is 12.3. The van der Waals surface area contributed by atoms with Crippen LogP contribution in [0.1, 0.15) is 30.6 Å². The molecule has 2 aromatic rings. The molecule has 1 fully saturated rings. The lowest BCUT2D eigenvalue weighted by atomic mass is 9.94. The second kappa shape index (κ2) is 6.94. The zero-order valence-electron chi connectivity index (χ0n) is 12.8. The molecule has 2 heterocycles. The van der Waals surface area contributed by atoms with Crippen molar-refractivity contribution < 1.29 is 13.2 Å². The summed E-state index contributed by atoms with van der Waals surface area (Å²) >= 11 is 1.29. The van der Waals surface area contributed by atoms with Gasteiger partial charge in [0.2, 0.25) is 10.0 Å². The molecule has 6 nitrogen and oxygen atoms in total. The number of hydrogen-bond acceptors (Lipinski definition) is 6. The summed E-state index contributed by atoms with van der Waals surface area (Å²) in [6.45, 7) is 1.90. The molecule has 1 saturated carbocycles. The van der Waals surface area contributed by atoms with Crippen LogP contribution in [0.2, 0.25) is 0 Å². The fraction of sp³-hybridized carbons (Fsp3) is 0.467. The molecular weight excluding hydrogens is 334 g/mol. The van der Waals surface area contributed by atoms with Crippen molar-refractivity contribution in [3.63, 3.8) is 0 Å². The third kappa shape index (κ3) is 4.27. The summed E-state index contributed by atoms with van der Waals surface area (Å²) in [5.41, 5.74) is 0. The third-order valence-electron chi connectivity index (χ3n) is 3.79. The number of thiophene rings is 1. The second-order valence-corrected chi connectivity index (χ2v) is 8.84. The molecule has 0 saturated heterocycles. The quantitative estimate of drug-likeness (QED) is 0.893. The summed E-state index contributed by atoms with van der Waals surface area (Å²) in [6.07, 6.45) is 6.41. The van der Waals surface area contributed by atoms with E-state index in [1.54, 1.807) is 24.5 Å². The van der Waals surface area contributed by atoms with Crippen molar-refractivity contribution in [3.05, 3.63) is 35.5 Å². The summed E-state index contributed by atoms with van der Waals surface area (Å²) < 4.78 is 33.6. The first-order valence-corrected chi connectivity index (χ1v) is 9.85. The normalized spacial score (nSPS) is 22.0. The summed E-state index contributed by atoms with van der Waals surface area (Å²) in [5, 5.41) is 0. The third-order valence-corrected chi connectivity index (χ3v) is 6.80. The first-order chi connectivity index (χ1) is 11.0. The van der Waals surface area contributed by atoms with Crippen LogP contribution in [0, 0.1) is 6.92 Å². The van der Waals surface area contributed by atoms with Crippen molar-refractivity contribution in [2.45, 2.75) is 49.0 Å². The van der Waals surface area contributed by atoms with Crippen LogP contribution < -0.4 is 9.46 Å². The average molecular weight is 353 g/mol. The molecule has 1 aliphatic rings. The first kappa shape index (κ1) is 16.4. The van der Waals surface area contributed by atoms with E-state index in [9.17, 15) is 8.42 Å².